The van der Waals surface area contributed by atoms with Crippen LogP contribution >= 0.6 is 27.7 Å². The molecule has 3 rings (SSSR count). The van der Waals surface area contributed by atoms with Crippen LogP contribution < -0.4 is 10.9 Å². The summed E-state index contributed by atoms with van der Waals surface area (Å²) in [5.74, 6) is 0.0630. The molecule has 1 unspecified atom stereocenters. The maximum Gasteiger partial charge on any atom is 0.262 e. The maximum atomic E-state index is 13.1. The molecular weight excluding hydrogens is 456 g/mol. The molecule has 0 aliphatic rings. The average molecular weight is 479 g/mol. The molecule has 0 fully saturated rings. The number of aryl methyl sites for hydroxylation is 1. The molecule has 7 nitrogen and oxygen atoms in total. The molecule has 0 aliphatic carbocycles. The molecule has 0 radical (unpaired) electrons. The molecule has 0 saturated heterocycles. The molecule has 29 heavy (non-hydrogen) atoms. The lowest BCUT2D eigenvalue weighted by molar-refractivity contribution is -0.115. The van der Waals surface area contributed by atoms with Gasteiger partial charge in [0.2, 0.25) is 11.8 Å². The molecule has 9 heteroatoms. The Labute approximate surface area is 181 Å². The summed E-state index contributed by atoms with van der Waals surface area (Å²) in [5, 5.41) is 7.10. The Bertz CT molecular complexity index is 1080. The highest BCUT2D eigenvalue weighted by atomic mass is 79.9. The number of thioether (sulfide) groups is 1. The topological polar surface area (TPSA) is 90.0 Å². The van der Waals surface area contributed by atoms with E-state index in [1.165, 1.54) is 11.8 Å². The van der Waals surface area contributed by atoms with E-state index in [0.717, 1.165) is 23.7 Å². The van der Waals surface area contributed by atoms with E-state index in [4.69, 9.17) is 4.52 Å². The summed E-state index contributed by atoms with van der Waals surface area (Å²) in [7, 11) is 0. The molecule has 2 heterocycles. The SMILES string of the molecule is CCCCCn1c(SC(C)C(=O)Nc2cc(C)no2)nc2ccc(Br)cc2c1=O. The van der Waals surface area contributed by atoms with Crippen molar-refractivity contribution in [3.8, 4) is 0 Å². The molecule has 0 spiro atoms. The number of carbonyl (C=O) groups excluding carboxylic acids is 1. The third-order valence-corrected chi connectivity index (χ3v) is 5.98. The van der Waals surface area contributed by atoms with Gasteiger partial charge in [-0.1, -0.05) is 52.6 Å². The van der Waals surface area contributed by atoms with Crippen LogP contribution in [0, 0.1) is 6.92 Å². The number of hydrogen-bond donors (Lipinski definition) is 1. The fourth-order valence-corrected chi connectivity index (χ4v) is 4.13. The summed E-state index contributed by atoms with van der Waals surface area (Å²) >= 11 is 4.68. The van der Waals surface area contributed by atoms with Gasteiger partial charge in [-0.15, -0.1) is 0 Å². The van der Waals surface area contributed by atoms with Crippen molar-refractivity contribution in [2.75, 3.05) is 5.32 Å². The van der Waals surface area contributed by atoms with E-state index in [-0.39, 0.29) is 11.5 Å². The van der Waals surface area contributed by atoms with Crippen molar-refractivity contribution in [1.82, 2.24) is 14.7 Å². The van der Waals surface area contributed by atoms with E-state index in [2.05, 4.69) is 38.3 Å². The minimum Gasteiger partial charge on any atom is -0.338 e. The van der Waals surface area contributed by atoms with Gasteiger partial charge in [-0.2, -0.15) is 0 Å². The first-order chi connectivity index (χ1) is 13.9. The fraction of sp³-hybridized carbons (Fsp3) is 0.400. The lowest BCUT2D eigenvalue weighted by atomic mass is 10.2. The van der Waals surface area contributed by atoms with E-state index in [9.17, 15) is 9.59 Å². The molecule has 2 aromatic heterocycles. The zero-order chi connectivity index (χ0) is 21.0. The molecule has 1 aromatic carbocycles. The van der Waals surface area contributed by atoms with Crippen LogP contribution in [0.4, 0.5) is 5.88 Å². The predicted octanol–water partition coefficient (Wildman–Crippen LogP) is 4.76. The van der Waals surface area contributed by atoms with Crippen molar-refractivity contribution in [3.63, 3.8) is 0 Å². The third-order valence-electron chi connectivity index (χ3n) is 4.39. The monoisotopic (exact) mass is 478 g/mol. The summed E-state index contributed by atoms with van der Waals surface area (Å²) in [6.07, 6.45) is 2.95. The normalized spacial score (nSPS) is 12.3. The lowest BCUT2D eigenvalue weighted by Crippen LogP contribution is -2.27. The van der Waals surface area contributed by atoms with Crippen LogP contribution in [-0.4, -0.2) is 25.9 Å². The number of carbonyl (C=O) groups is 1. The number of aromatic nitrogens is 3. The van der Waals surface area contributed by atoms with E-state index >= 15 is 0 Å². The number of hydrogen-bond acceptors (Lipinski definition) is 6. The van der Waals surface area contributed by atoms with E-state index in [0.29, 0.717) is 34.2 Å². The Balaban J connectivity index is 1.89. The van der Waals surface area contributed by atoms with Gasteiger partial charge in [0.15, 0.2) is 5.16 Å². The highest BCUT2D eigenvalue weighted by molar-refractivity contribution is 9.10. The smallest absolute Gasteiger partial charge is 0.262 e. The summed E-state index contributed by atoms with van der Waals surface area (Å²) < 4.78 is 7.56. The first-order valence-corrected chi connectivity index (χ1v) is 11.2. The van der Waals surface area contributed by atoms with Crippen LogP contribution in [0.2, 0.25) is 0 Å². The second-order valence-electron chi connectivity index (χ2n) is 6.80. The number of fused-ring (bicyclic) bond motifs is 1. The minimum atomic E-state index is -0.474. The van der Waals surface area contributed by atoms with E-state index in [1.54, 1.807) is 30.5 Å². The zero-order valence-electron chi connectivity index (χ0n) is 16.6. The number of unbranched alkanes of at least 4 members (excludes halogenated alkanes) is 2. The highest BCUT2D eigenvalue weighted by Gasteiger charge is 2.20. The molecule has 0 saturated carbocycles. The third kappa shape index (κ3) is 5.27. The molecular formula is C20H23BrN4O3S. The lowest BCUT2D eigenvalue weighted by Gasteiger charge is -2.16. The highest BCUT2D eigenvalue weighted by Crippen LogP contribution is 2.25. The average Bonchev–Trinajstić information content (AvgIpc) is 3.09. The molecule has 0 bridgehead atoms. The zero-order valence-corrected chi connectivity index (χ0v) is 19.0. The molecule has 0 aliphatic heterocycles. The van der Waals surface area contributed by atoms with E-state index < -0.39 is 5.25 Å². The summed E-state index contributed by atoms with van der Waals surface area (Å²) in [4.78, 5) is 30.3. The van der Waals surface area contributed by atoms with Gasteiger partial charge in [0, 0.05) is 17.1 Å². The Morgan fingerprint density at radius 3 is 2.83 bits per heavy atom. The van der Waals surface area contributed by atoms with Crippen molar-refractivity contribution in [1.29, 1.82) is 0 Å². The summed E-state index contributed by atoms with van der Waals surface area (Å²) in [6.45, 7) is 6.24. The van der Waals surface area contributed by atoms with Crippen LogP contribution in [0.5, 0.6) is 0 Å². The van der Waals surface area contributed by atoms with Crippen LogP contribution in [0.1, 0.15) is 38.8 Å². The van der Waals surface area contributed by atoms with Crippen LogP contribution in [-0.2, 0) is 11.3 Å². The molecule has 3 aromatic rings. The molecule has 1 atom stereocenters. The van der Waals surface area contributed by atoms with Gasteiger partial charge in [0.05, 0.1) is 21.8 Å². The largest absolute Gasteiger partial charge is 0.338 e. The molecule has 1 N–H and O–H groups in total. The number of amides is 1. The molecule has 154 valence electrons. The first-order valence-electron chi connectivity index (χ1n) is 9.50. The Morgan fingerprint density at radius 2 is 2.14 bits per heavy atom. The van der Waals surface area contributed by atoms with Crippen LogP contribution in [0.15, 0.2) is 43.2 Å². The van der Waals surface area contributed by atoms with Crippen molar-refractivity contribution < 1.29 is 9.32 Å². The minimum absolute atomic E-state index is 0.0895. The second kappa shape index (κ2) is 9.58. The second-order valence-corrected chi connectivity index (χ2v) is 9.03. The van der Waals surface area contributed by atoms with Gasteiger partial charge in [-0.05, 0) is 38.5 Å². The Hall–Kier alpha value is -2.13. The van der Waals surface area contributed by atoms with Crippen LogP contribution in [0.25, 0.3) is 10.9 Å². The van der Waals surface area contributed by atoms with Crippen molar-refractivity contribution in [3.05, 3.63) is 44.8 Å². The molecule has 1 amide bonds. The summed E-state index contributed by atoms with van der Waals surface area (Å²) in [6, 6.07) is 7.11. The standard InChI is InChI=1S/C20H23BrN4O3S/c1-4-5-6-9-25-19(27)15-11-14(21)7-8-16(15)22-20(25)29-13(3)18(26)23-17-10-12(2)24-28-17/h7-8,10-11,13H,4-6,9H2,1-3H3,(H,23,26). The maximum absolute atomic E-state index is 13.1. The Morgan fingerprint density at radius 1 is 1.34 bits per heavy atom. The number of benzene rings is 1. The van der Waals surface area contributed by atoms with E-state index in [1.807, 2.05) is 12.1 Å². The number of anilines is 1. The van der Waals surface area contributed by atoms with Gasteiger partial charge >= 0.3 is 0 Å². The van der Waals surface area contributed by atoms with Gasteiger partial charge in [0.25, 0.3) is 5.56 Å². The van der Waals surface area contributed by atoms with Gasteiger partial charge in [0.1, 0.15) is 0 Å². The number of rotatable bonds is 8. The van der Waals surface area contributed by atoms with Gasteiger partial charge in [-0.25, -0.2) is 4.98 Å². The number of nitrogens with zero attached hydrogens (tertiary/aromatic N) is 3. The quantitative estimate of drug-likeness (QED) is 0.285. The number of nitrogens with one attached hydrogen (secondary N) is 1. The van der Waals surface area contributed by atoms with Crippen molar-refractivity contribution in [2.45, 2.75) is 57.0 Å². The van der Waals surface area contributed by atoms with Crippen LogP contribution in [0.3, 0.4) is 0 Å². The van der Waals surface area contributed by atoms with Crippen molar-refractivity contribution >= 4 is 50.4 Å². The Kier molecular flexibility index (Phi) is 7.13. The fourth-order valence-electron chi connectivity index (χ4n) is 2.84. The first kappa shape index (κ1) is 21.6. The van der Waals surface area contributed by atoms with Crippen molar-refractivity contribution in [2.24, 2.45) is 0 Å². The summed E-state index contributed by atoms with van der Waals surface area (Å²) in [5.41, 5.74) is 1.21. The van der Waals surface area contributed by atoms with Gasteiger partial charge in [-0.3, -0.25) is 19.5 Å². The number of halogens is 1. The predicted molar refractivity (Wildman–Crippen MR) is 118 cm³/mol. The van der Waals surface area contributed by atoms with Gasteiger partial charge < -0.3 is 4.52 Å².